The molecule has 5 nitrogen and oxygen atoms in total. The zero-order valence-electron chi connectivity index (χ0n) is 8.79. The molecular weight excluding hydrogens is 234 g/mol. The molecule has 0 bridgehead atoms. The Morgan fingerprint density at radius 1 is 1.38 bits per heavy atom. The highest BCUT2D eigenvalue weighted by atomic mass is 35.5. The molecular formula is C10H14ClNO4. The third-order valence-electron chi connectivity index (χ3n) is 1.61. The third kappa shape index (κ3) is 4.48. The fourth-order valence-corrected chi connectivity index (χ4v) is 0.980. The van der Waals surface area contributed by atoms with Gasteiger partial charge in [-0.1, -0.05) is 18.2 Å². The first kappa shape index (κ1) is 14.7. The van der Waals surface area contributed by atoms with Gasteiger partial charge in [0.1, 0.15) is 5.75 Å². The van der Waals surface area contributed by atoms with Gasteiger partial charge in [0.25, 0.3) is 0 Å². The van der Waals surface area contributed by atoms with Gasteiger partial charge >= 0.3 is 12.3 Å². The van der Waals surface area contributed by atoms with E-state index in [4.69, 9.17) is 15.4 Å². The van der Waals surface area contributed by atoms with Gasteiger partial charge in [0, 0.05) is 6.61 Å². The number of para-hydroxylation sites is 1. The lowest BCUT2D eigenvalue weighted by Crippen LogP contribution is -2.33. The molecule has 1 rings (SSSR count). The number of rotatable bonds is 5. The van der Waals surface area contributed by atoms with Crippen molar-refractivity contribution in [2.45, 2.75) is 13.2 Å². The molecule has 0 saturated carbocycles. The predicted octanol–water partition coefficient (Wildman–Crippen LogP) is 1.27. The third-order valence-corrected chi connectivity index (χ3v) is 1.61. The van der Waals surface area contributed by atoms with E-state index in [0.29, 0.717) is 12.4 Å². The van der Waals surface area contributed by atoms with Crippen molar-refractivity contribution in [3.8, 4) is 5.75 Å². The summed E-state index contributed by atoms with van der Waals surface area (Å²) < 4.78 is 10.3. The highest BCUT2D eigenvalue weighted by Gasteiger charge is 2.21. The maximum Gasteiger partial charge on any atom is 0.394 e. The first-order valence-corrected chi connectivity index (χ1v) is 4.51. The van der Waals surface area contributed by atoms with E-state index in [2.05, 4.69) is 4.84 Å². The molecule has 0 amide bonds. The van der Waals surface area contributed by atoms with Crippen molar-refractivity contribution in [1.29, 1.82) is 0 Å². The minimum Gasteiger partial charge on any atom is -0.454 e. The molecule has 1 unspecified atom stereocenters. The maximum absolute atomic E-state index is 11.1. The van der Waals surface area contributed by atoms with Gasteiger partial charge in [0.05, 0.1) is 0 Å². The molecule has 0 radical (unpaired) electrons. The fourth-order valence-electron chi connectivity index (χ4n) is 0.980. The molecule has 1 atom stereocenters. The van der Waals surface area contributed by atoms with Gasteiger partial charge < -0.3 is 14.3 Å². The summed E-state index contributed by atoms with van der Waals surface area (Å²) in [7, 11) is 0. The number of carbonyl (C=O) groups excluding carboxylic acids is 1. The van der Waals surface area contributed by atoms with Crippen LogP contribution in [0.15, 0.2) is 30.3 Å². The molecule has 0 spiro atoms. The predicted molar refractivity (Wildman–Crippen MR) is 60.0 cm³/mol. The van der Waals surface area contributed by atoms with E-state index >= 15 is 0 Å². The Balaban J connectivity index is 0.00000225. The Morgan fingerprint density at radius 2 is 2.00 bits per heavy atom. The van der Waals surface area contributed by atoms with E-state index in [1.165, 1.54) is 0 Å². The first-order chi connectivity index (χ1) is 7.27. The van der Waals surface area contributed by atoms with Gasteiger partial charge in [-0.25, -0.2) is 4.79 Å². The summed E-state index contributed by atoms with van der Waals surface area (Å²) in [6.45, 7) is 2.07. The Labute approximate surface area is 99.8 Å². The normalized spacial score (nSPS) is 11.1. The zero-order valence-corrected chi connectivity index (χ0v) is 9.61. The Morgan fingerprint density at radius 3 is 2.50 bits per heavy atom. The van der Waals surface area contributed by atoms with Gasteiger partial charge in [0.15, 0.2) is 0 Å². The molecule has 6 heteroatoms. The van der Waals surface area contributed by atoms with Crippen LogP contribution < -0.4 is 10.6 Å². The van der Waals surface area contributed by atoms with E-state index in [1.807, 2.05) is 6.07 Å². The van der Waals surface area contributed by atoms with E-state index in [0.717, 1.165) is 0 Å². The van der Waals surface area contributed by atoms with Crippen LogP contribution in [0.2, 0.25) is 0 Å². The minimum atomic E-state index is -1.12. The molecule has 2 N–H and O–H groups in total. The molecule has 0 heterocycles. The number of ether oxygens (including phenoxy) is 2. The minimum absolute atomic E-state index is 0. The Hall–Kier alpha value is -1.30. The van der Waals surface area contributed by atoms with E-state index in [-0.39, 0.29) is 12.4 Å². The highest BCUT2D eigenvalue weighted by Crippen LogP contribution is 2.11. The Kier molecular flexibility index (Phi) is 7.28. The van der Waals surface area contributed by atoms with E-state index in [1.54, 1.807) is 31.2 Å². The van der Waals surface area contributed by atoms with Crippen molar-refractivity contribution < 1.29 is 19.1 Å². The van der Waals surface area contributed by atoms with Gasteiger partial charge in [-0.15, -0.1) is 12.4 Å². The van der Waals surface area contributed by atoms with Crippen LogP contribution in [0.5, 0.6) is 5.75 Å². The van der Waals surface area contributed by atoms with E-state index < -0.39 is 12.3 Å². The lowest BCUT2D eigenvalue weighted by Gasteiger charge is -2.15. The van der Waals surface area contributed by atoms with E-state index in [9.17, 15) is 4.79 Å². The SMILES string of the molecule is CCOC(Oc1ccccc1)C(=O)ON.Cl. The molecule has 0 aliphatic rings. The van der Waals surface area contributed by atoms with Crippen molar-refractivity contribution in [3.05, 3.63) is 30.3 Å². The average Bonchev–Trinajstić information content (AvgIpc) is 2.29. The van der Waals surface area contributed by atoms with Crippen LogP contribution in [0.1, 0.15) is 6.92 Å². The number of halogens is 1. The largest absolute Gasteiger partial charge is 0.454 e. The monoisotopic (exact) mass is 247 g/mol. The summed E-state index contributed by atoms with van der Waals surface area (Å²) in [5.41, 5.74) is 0. The summed E-state index contributed by atoms with van der Waals surface area (Å²) in [4.78, 5) is 15.2. The zero-order chi connectivity index (χ0) is 11.1. The summed E-state index contributed by atoms with van der Waals surface area (Å²) in [6.07, 6.45) is -1.12. The average molecular weight is 248 g/mol. The quantitative estimate of drug-likeness (QED) is 0.627. The highest BCUT2D eigenvalue weighted by molar-refractivity contribution is 5.85. The van der Waals surface area contributed by atoms with Crippen LogP contribution >= 0.6 is 12.4 Å². The smallest absolute Gasteiger partial charge is 0.394 e. The molecule has 0 aromatic heterocycles. The van der Waals surface area contributed by atoms with Gasteiger partial charge in [-0.05, 0) is 19.1 Å². The summed E-state index contributed by atoms with van der Waals surface area (Å²) in [6, 6.07) is 8.81. The second kappa shape index (κ2) is 7.92. The summed E-state index contributed by atoms with van der Waals surface area (Å²) in [5, 5.41) is 0. The number of carbonyl (C=O) groups is 1. The lowest BCUT2D eigenvalue weighted by atomic mass is 10.3. The molecule has 0 fully saturated rings. The molecule has 90 valence electrons. The van der Waals surface area contributed by atoms with Crippen LogP contribution in [0.3, 0.4) is 0 Å². The van der Waals surface area contributed by atoms with Crippen molar-refractivity contribution in [3.63, 3.8) is 0 Å². The standard InChI is InChI=1S/C10H13NO4.ClH/c1-2-13-10(9(12)15-11)14-8-6-4-3-5-7-8;/h3-7,10H,2,11H2,1H3;1H. The van der Waals surface area contributed by atoms with Gasteiger partial charge in [0.2, 0.25) is 0 Å². The second-order valence-corrected chi connectivity index (χ2v) is 2.66. The van der Waals surface area contributed by atoms with Crippen LogP contribution in [0.25, 0.3) is 0 Å². The van der Waals surface area contributed by atoms with Crippen molar-refractivity contribution >= 4 is 18.4 Å². The maximum atomic E-state index is 11.1. The van der Waals surface area contributed by atoms with Gasteiger partial charge in [-0.2, -0.15) is 5.90 Å². The molecule has 1 aromatic carbocycles. The Bertz CT molecular complexity index is 307. The van der Waals surface area contributed by atoms with Crippen LogP contribution in [0, 0.1) is 0 Å². The molecule has 0 aliphatic carbocycles. The fraction of sp³-hybridized carbons (Fsp3) is 0.300. The molecule has 0 aliphatic heterocycles. The molecule has 16 heavy (non-hydrogen) atoms. The number of hydrogen-bond donors (Lipinski definition) is 1. The summed E-state index contributed by atoms with van der Waals surface area (Å²) in [5.74, 6) is 4.50. The first-order valence-electron chi connectivity index (χ1n) is 4.51. The molecule has 1 aromatic rings. The molecule has 0 saturated heterocycles. The second-order valence-electron chi connectivity index (χ2n) is 2.66. The van der Waals surface area contributed by atoms with Crippen LogP contribution in [0.4, 0.5) is 0 Å². The van der Waals surface area contributed by atoms with Gasteiger partial charge in [-0.3, -0.25) is 0 Å². The number of nitrogens with two attached hydrogens (primary N) is 1. The number of benzene rings is 1. The number of hydrogen-bond acceptors (Lipinski definition) is 5. The van der Waals surface area contributed by atoms with Crippen molar-refractivity contribution in [1.82, 2.24) is 0 Å². The van der Waals surface area contributed by atoms with Crippen LogP contribution in [-0.4, -0.2) is 18.9 Å². The lowest BCUT2D eigenvalue weighted by molar-refractivity contribution is -0.177. The van der Waals surface area contributed by atoms with Crippen molar-refractivity contribution in [2.24, 2.45) is 5.90 Å². The topological polar surface area (TPSA) is 70.8 Å². The van der Waals surface area contributed by atoms with Crippen molar-refractivity contribution in [2.75, 3.05) is 6.61 Å². The summed E-state index contributed by atoms with van der Waals surface area (Å²) >= 11 is 0. The van der Waals surface area contributed by atoms with Crippen LogP contribution in [-0.2, 0) is 14.4 Å².